The van der Waals surface area contributed by atoms with Crippen molar-refractivity contribution in [3.05, 3.63) is 41.9 Å². The molecule has 0 saturated heterocycles. The largest absolute Gasteiger partial charge is 0.467 e. The highest BCUT2D eigenvalue weighted by Gasteiger charge is 2.43. The van der Waals surface area contributed by atoms with Crippen molar-refractivity contribution in [1.29, 1.82) is 0 Å². The SMILES string of the molecule is CCOC(=O)/C(=C/c1ccco1)[C@H]1C=C[C@@H](C(=O)OC)N1C(=O)OC(C)(C)C. The molecule has 1 amide bonds. The lowest BCUT2D eigenvalue weighted by Crippen LogP contribution is -2.49. The van der Waals surface area contributed by atoms with Crippen LogP contribution in [0.3, 0.4) is 0 Å². The number of esters is 2. The monoisotopic (exact) mass is 391 g/mol. The van der Waals surface area contributed by atoms with Gasteiger partial charge < -0.3 is 18.6 Å². The van der Waals surface area contributed by atoms with Crippen molar-refractivity contribution in [2.24, 2.45) is 0 Å². The molecule has 0 radical (unpaired) electrons. The Kier molecular flexibility index (Phi) is 6.66. The third-order valence-electron chi connectivity index (χ3n) is 3.79. The van der Waals surface area contributed by atoms with Crippen LogP contribution in [-0.2, 0) is 23.8 Å². The molecule has 2 heterocycles. The fraction of sp³-hybridized carbons (Fsp3) is 0.450. The van der Waals surface area contributed by atoms with Crippen LogP contribution in [0.2, 0.25) is 0 Å². The Hall–Kier alpha value is -3.03. The zero-order chi connectivity index (χ0) is 20.9. The van der Waals surface area contributed by atoms with Gasteiger partial charge in [0.2, 0.25) is 0 Å². The quantitative estimate of drug-likeness (QED) is 0.330. The van der Waals surface area contributed by atoms with Crippen molar-refractivity contribution in [3.8, 4) is 0 Å². The van der Waals surface area contributed by atoms with Gasteiger partial charge in [0.25, 0.3) is 0 Å². The minimum Gasteiger partial charge on any atom is -0.467 e. The number of methoxy groups -OCH3 is 1. The molecule has 152 valence electrons. The van der Waals surface area contributed by atoms with Crippen LogP contribution < -0.4 is 0 Å². The molecular formula is C20H25NO7. The van der Waals surface area contributed by atoms with E-state index in [0.717, 1.165) is 4.90 Å². The number of carbonyl (C=O) groups is 3. The highest BCUT2D eigenvalue weighted by atomic mass is 16.6. The third kappa shape index (κ3) is 5.03. The van der Waals surface area contributed by atoms with E-state index < -0.39 is 35.7 Å². The molecule has 0 bridgehead atoms. The van der Waals surface area contributed by atoms with Crippen molar-refractivity contribution in [1.82, 2.24) is 4.90 Å². The van der Waals surface area contributed by atoms with Gasteiger partial charge in [0, 0.05) is 0 Å². The first-order valence-electron chi connectivity index (χ1n) is 8.87. The van der Waals surface area contributed by atoms with E-state index >= 15 is 0 Å². The summed E-state index contributed by atoms with van der Waals surface area (Å²) in [4.78, 5) is 38.8. The number of amides is 1. The van der Waals surface area contributed by atoms with E-state index in [9.17, 15) is 14.4 Å². The maximum Gasteiger partial charge on any atom is 0.412 e. The Labute approximate surface area is 163 Å². The Morgan fingerprint density at radius 3 is 2.43 bits per heavy atom. The Morgan fingerprint density at radius 1 is 1.21 bits per heavy atom. The fourth-order valence-corrected chi connectivity index (χ4v) is 2.68. The minimum absolute atomic E-state index is 0.130. The first-order valence-corrected chi connectivity index (χ1v) is 8.87. The van der Waals surface area contributed by atoms with Crippen LogP contribution in [0.25, 0.3) is 6.08 Å². The zero-order valence-electron chi connectivity index (χ0n) is 16.6. The first kappa shape index (κ1) is 21.3. The molecule has 1 aliphatic heterocycles. The van der Waals surface area contributed by atoms with E-state index in [0.29, 0.717) is 5.76 Å². The standard InChI is InChI=1S/C20H25NO7/c1-6-26-17(22)14(12-13-8-7-11-27-13)15-9-10-16(18(23)25-5)21(15)19(24)28-20(2,3)4/h7-12,15-16H,6H2,1-5H3/b14-12+/t15-,16+/m1/s1. The third-order valence-corrected chi connectivity index (χ3v) is 3.79. The van der Waals surface area contributed by atoms with Gasteiger partial charge in [-0.25, -0.2) is 14.4 Å². The molecule has 0 unspecified atom stereocenters. The lowest BCUT2D eigenvalue weighted by molar-refractivity contribution is -0.145. The van der Waals surface area contributed by atoms with Gasteiger partial charge >= 0.3 is 18.0 Å². The van der Waals surface area contributed by atoms with Crippen LogP contribution in [0.15, 0.2) is 40.5 Å². The molecule has 0 saturated carbocycles. The summed E-state index contributed by atoms with van der Waals surface area (Å²) in [6.07, 6.45) is 5.24. The molecule has 0 aromatic carbocycles. The second-order valence-electron chi connectivity index (χ2n) is 7.02. The van der Waals surface area contributed by atoms with Gasteiger partial charge in [-0.2, -0.15) is 0 Å². The van der Waals surface area contributed by atoms with Gasteiger partial charge in [-0.1, -0.05) is 12.2 Å². The van der Waals surface area contributed by atoms with Crippen LogP contribution in [0.1, 0.15) is 33.5 Å². The number of carbonyl (C=O) groups excluding carboxylic acids is 3. The van der Waals surface area contributed by atoms with Gasteiger partial charge in [0.1, 0.15) is 11.4 Å². The number of furan rings is 1. The summed E-state index contributed by atoms with van der Waals surface area (Å²) in [5, 5.41) is 0. The molecule has 0 spiro atoms. The van der Waals surface area contributed by atoms with Crippen molar-refractivity contribution >= 4 is 24.1 Å². The molecular weight excluding hydrogens is 366 g/mol. The van der Waals surface area contributed by atoms with Crippen LogP contribution in [0.5, 0.6) is 0 Å². The molecule has 2 rings (SSSR count). The fourth-order valence-electron chi connectivity index (χ4n) is 2.68. The average Bonchev–Trinajstić information content (AvgIpc) is 3.27. The van der Waals surface area contributed by atoms with E-state index in [1.54, 1.807) is 45.9 Å². The van der Waals surface area contributed by atoms with E-state index in [1.807, 2.05) is 0 Å². The van der Waals surface area contributed by atoms with E-state index in [2.05, 4.69) is 0 Å². The summed E-state index contributed by atoms with van der Waals surface area (Å²) in [6, 6.07) is 1.41. The summed E-state index contributed by atoms with van der Waals surface area (Å²) in [5.74, 6) is -0.874. The molecule has 1 aliphatic rings. The van der Waals surface area contributed by atoms with Crippen LogP contribution >= 0.6 is 0 Å². The highest BCUT2D eigenvalue weighted by Crippen LogP contribution is 2.28. The molecule has 8 nitrogen and oxygen atoms in total. The smallest absolute Gasteiger partial charge is 0.412 e. The lowest BCUT2D eigenvalue weighted by atomic mass is 10.1. The second-order valence-corrected chi connectivity index (χ2v) is 7.02. The summed E-state index contributed by atoms with van der Waals surface area (Å²) >= 11 is 0. The van der Waals surface area contributed by atoms with E-state index in [4.69, 9.17) is 18.6 Å². The molecule has 2 atom stereocenters. The lowest BCUT2D eigenvalue weighted by Gasteiger charge is -2.32. The zero-order valence-corrected chi connectivity index (χ0v) is 16.6. The van der Waals surface area contributed by atoms with Gasteiger partial charge in [-0.3, -0.25) is 4.90 Å². The maximum atomic E-state index is 12.8. The highest BCUT2D eigenvalue weighted by molar-refractivity contribution is 5.97. The van der Waals surface area contributed by atoms with Crippen molar-refractivity contribution in [2.75, 3.05) is 13.7 Å². The summed E-state index contributed by atoms with van der Waals surface area (Å²) < 4.78 is 20.7. The van der Waals surface area contributed by atoms with Gasteiger partial charge in [0.15, 0.2) is 6.04 Å². The van der Waals surface area contributed by atoms with Gasteiger partial charge in [-0.15, -0.1) is 0 Å². The maximum absolute atomic E-state index is 12.8. The molecule has 1 aromatic heterocycles. The number of nitrogens with zero attached hydrogens (tertiary/aromatic N) is 1. The molecule has 28 heavy (non-hydrogen) atoms. The Bertz CT molecular complexity index is 771. The Balaban J connectivity index is 2.46. The normalized spacial score (nSPS) is 19.5. The van der Waals surface area contributed by atoms with Crippen LogP contribution in [0, 0.1) is 0 Å². The van der Waals surface area contributed by atoms with Crippen molar-refractivity contribution < 1.29 is 33.0 Å². The number of hydrogen-bond acceptors (Lipinski definition) is 7. The van der Waals surface area contributed by atoms with Crippen LogP contribution in [-0.4, -0.2) is 54.3 Å². The molecule has 0 fully saturated rings. The van der Waals surface area contributed by atoms with Crippen molar-refractivity contribution in [2.45, 2.75) is 45.4 Å². The van der Waals surface area contributed by atoms with E-state index in [1.165, 1.54) is 25.5 Å². The molecule has 1 aromatic rings. The predicted molar refractivity (Wildman–Crippen MR) is 100 cm³/mol. The van der Waals surface area contributed by atoms with E-state index in [-0.39, 0.29) is 12.2 Å². The van der Waals surface area contributed by atoms with Gasteiger partial charge in [-0.05, 0) is 45.9 Å². The first-order chi connectivity index (χ1) is 13.2. The van der Waals surface area contributed by atoms with Crippen molar-refractivity contribution in [3.63, 3.8) is 0 Å². The number of ether oxygens (including phenoxy) is 3. The number of rotatable bonds is 5. The molecule has 0 aliphatic carbocycles. The topological polar surface area (TPSA) is 95.3 Å². The van der Waals surface area contributed by atoms with Crippen LogP contribution in [0.4, 0.5) is 4.79 Å². The average molecular weight is 391 g/mol. The second kappa shape index (κ2) is 8.77. The Morgan fingerprint density at radius 2 is 1.89 bits per heavy atom. The van der Waals surface area contributed by atoms with Gasteiger partial charge in [0.05, 0.1) is 31.6 Å². The predicted octanol–water partition coefficient (Wildman–Crippen LogP) is 2.94. The molecule has 0 N–H and O–H groups in total. The molecule has 8 heteroatoms. The summed E-state index contributed by atoms with van der Waals surface area (Å²) in [5.41, 5.74) is -0.662. The summed E-state index contributed by atoms with van der Waals surface area (Å²) in [6.45, 7) is 6.96. The number of hydrogen-bond donors (Lipinski definition) is 0. The minimum atomic E-state index is -1.03. The summed E-state index contributed by atoms with van der Waals surface area (Å²) in [7, 11) is 1.22.